The fraction of sp³-hybridized carbons (Fsp3) is 0.286. The van der Waals surface area contributed by atoms with Crippen LogP contribution in [0.15, 0.2) is 54.6 Å². The van der Waals surface area contributed by atoms with Gasteiger partial charge in [-0.25, -0.2) is 9.87 Å². The van der Waals surface area contributed by atoms with Crippen molar-refractivity contribution < 1.29 is 24.2 Å². The fourth-order valence-electron chi connectivity index (χ4n) is 3.34. The summed E-state index contributed by atoms with van der Waals surface area (Å²) in [5, 5.41) is 20.5. The number of hydrogen-bond acceptors (Lipinski definition) is 5. The van der Waals surface area contributed by atoms with Crippen LogP contribution in [0.2, 0.25) is 0 Å². The Balaban J connectivity index is 1.66. The largest absolute Gasteiger partial charge is 0.496 e. The van der Waals surface area contributed by atoms with Crippen LogP contribution >= 0.6 is 8.58 Å². The molecule has 29 heavy (non-hydrogen) atoms. The molecule has 8 heteroatoms. The van der Waals surface area contributed by atoms with Crippen molar-refractivity contribution in [3.8, 4) is 16.9 Å². The summed E-state index contributed by atoms with van der Waals surface area (Å²) in [5.74, 6) is -1.56. The van der Waals surface area contributed by atoms with Crippen molar-refractivity contribution in [2.24, 2.45) is 0 Å². The predicted molar refractivity (Wildman–Crippen MR) is 112 cm³/mol. The molecular formula is C21H24FN2O4P. The SMILES string of the molecule is COc1ccccc1-c1ccc(/C=C/CN[C@@]2(C(=O)NO)PC(F)[C@@]2(C)O)cc1. The molecule has 0 aliphatic carbocycles. The highest BCUT2D eigenvalue weighted by Crippen LogP contribution is 2.58. The Hall–Kier alpha value is -2.31. The highest BCUT2D eigenvalue weighted by Gasteiger charge is 2.67. The Morgan fingerprint density at radius 3 is 2.55 bits per heavy atom. The van der Waals surface area contributed by atoms with Gasteiger partial charge in [0.25, 0.3) is 5.91 Å². The van der Waals surface area contributed by atoms with Gasteiger partial charge >= 0.3 is 0 Å². The fourth-order valence-corrected chi connectivity index (χ4v) is 4.80. The second-order valence-electron chi connectivity index (χ2n) is 6.95. The first-order chi connectivity index (χ1) is 13.9. The number of carbonyl (C=O) groups excluding carboxylic acids is 1. The third kappa shape index (κ3) is 3.91. The van der Waals surface area contributed by atoms with Crippen molar-refractivity contribution in [1.29, 1.82) is 0 Å². The van der Waals surface area contributed by atoms with Crippen molar-refractivity contribution in [3.05, 3.63) is 60.2 Å². The molecule has 2 aromatic rings. The molecule has 1 saturated heterocycles. The standard InChI is InChI=1S/C21H24FN2O4P/c1-20(26)18(22)29-21(20,19(25)24-27)23-13-5-6-14-9-11-15(12-10-14)16-7-3-4-8-17(16)28-2/h3-12,18,23,26-27,29H,13H2,1-2H3,(H,24,25)/b6-5+/t18?,20-,21+/m1/s1. The third-order valence-corrected chi connectivity index (χ3v) is 7.32. The average molecular weight is 418 g/mol. The van der Waals surface area contributed by atoms with Crippen molar-refractivity contribution in [3.63, 3.8) is 0 Å². The van der Waals surface area contributed by atoms with Crippen LogP contribution in [0.1, 0.15) is 12.5 Å². The molecule has 1 amide bonds. The molecule has 0 spiro atoms. The lowest BCUT2D eigenvalue weighted by Gasteiger charge is -2.54. The number of hydroxylamine groups is 1. The van der Waals surface area contributed by atoms with Crippen LogP contribution in [0.4, 0.5) is 4.39 Å². The zero-order valence-corrected chi connectivity index (χ0v) is 17.1. The molecule has 3 rings (SSSR count). The number of ether oxygens (including phenoxy) is 1. The molecule has 0 saturated carbocycles. The summed E-state index contributed by atoms with van der Waals surface area (Å²) in [5.41, 5.74) is 2.60. The molecule has 2 unspecified atom stereocenters. The zero-order valence-electron chi connectivity index (χ0n) is 16.1. The van der Waals surface area contributed by atoms with E-state index in [1.165, 1.54) is 12.4 Å². The lowest BCUT2D eigenvalue weighted by atomic mass is 9.94. The number of methoxy groups -OCH3 is 1. The molecule has 6 nitrogen and oxygen atoms in total. The first kappa shape index (κ1) is 21.4. The van der Waals surface area contributed by atoms with Gasteiger partial charge in [0.15, 0.2) is 5.28 Å². The number of alkyl halides is 1. The van der Waals surface area contributed by atoms with Crippen LogP contribution in [0, 0.1) is 0 Å². The molecule has 1 aliphatic rings. The van der Waals surface area contributed by atoms with Crippen LogP contribution < -0.4 is 15.5 Å². The molecule has 154 valence electrons. The first-order valence-corrected chi connectivity index (χ1v) is 10.2. The molecule has 0 bridgehead atoms. The number of carbonyl (C=O) groups is 1. The molecular weight excluding hydrogens is 394 g/mol. The summed E-state index contributed by atoms with van der Waals surface area (Å²) in [6.45, 7) is 1.47. The summed E-state index contributed by atoms with van der Waals surface area (Å²) in [7, 11) is 1.14. The van der Waals surface area contributed by atoms with Crippen molar-refractivity contribution in [2.75, 3.05) is 13.7 Å². The number of nitrogens with one attached hydrogen (secondary N) is 2. The highest BCUT2D eigenvalue weighted by molar-refractivity contribution is 7.44. The van der Waals surface area contributed by atoms with E-state index < -0.39 is 31.3 Å². The third-order valence-electron chi connectivity index (χ3n) is 5.16. The van der Waals surface area contributed by atoms with E-state index in [1.54, 1.807) is 13.2 Å². The van der Waals surface area contributed by atoms with Gasteiger partial charge in [-0.15, -0.1) is 0 Å². The predicted octanol–water partition coefficient (Wildman–Crippen LogP) is 2.91. The number of halogens is 1. The summed E-state index contributed by atoms with van der Waals surface area (Å²) in [6, 6.07) is 15.6. The Kier molecular flexibility index (Phi) is 6.34. The Morgan fingerprint density at radius 1 is 1.28 bits per heavy atom. The number of rotatable bonds is 7. The summed E-state index contributed by atoms with van der Waals surface area (Å²) in [6.07, 6.45) is 3.63. The van der Waals surface area contributed by atoms with E-state index in [1.807, 2.05) is 54.6 Å². The molecule has 0 radical (unpaired) electrons. The lowest BCUT2D eigenvalue weighted by Crippen LogP contribution is -2.75. The maximum atomic E-state index is 13.7. The van der Waals surface area contributed by atoms with Gasteiger partial charge in [-0.1, -0.05) is 54.6 Å². The first-order valence-electron chi connectivity index (χ1n) is 9.09. The van der Waals surface area contributed by atoms with Gasteiger partial charge in [0, 0.05) is 12.1 Å². The second kappa shape index (κ2) is 8.59. The molecule has 1 aliphatic heterocycles. The molecule has 0 aromatic heterocycles. The van der Waals surface area contributed by atoms with Crippen LogP contribution in [-0.4, -0.2) is 46.7 Å². The topological polar surface area (TPSA) is 90.8 Å². The summed E-state index contributed by atoms with van der Waals surface area (Å²) >= 11 is 0. The van der Waals surface area contributed by atoms with Gasteiger partial charge in [-0.3, -0.25) is 15.3 Å². The van der Waals surface area contributed by atoms with E-state index in [0.29, 0.717) is 0 Å². The summed E-state index contributed by atoms with van der Waals surface area (Å²) < 4.78 is 19.1. The van der Waals surface area contributed by atoms with Gasteiger partial charge in [0.1, 0.15) is 17.3 Å². The second-order valence-corrected chi connectivity index (χ2v) is 8.50. The molecule has 4 atom stereocenters. The van der Waals surface area contributed by atoms with Crippen LogP contribution in [0.5, 0.6) is 5.75 Å². The minimum Gasteiger partial charge on any atom is -0.496 e. The zero-order chi connectivity index (χ0) is 21.1. The lowest BCUT2D eigenvalue weighted by molar-refractivity contribution is -0.147. The van der Waals surface area contributed by atoms with Crippen LogP contribution in [-0.2, 0) is 4.79 Å². The van der Waals surface area contributed by atoms with Crippen molar-refractivity contribution in [2.45, 2.75) is 23.7 Å². The smallest absolute Gasteiger partial charge is 0.270 e. The quantitative estimate of drug-likeness (QED) is 0.315. The number of amides is 1. The Morgan fingerprint density at radius 2 is 1.97 bits per heavy atom. The van der Waals surface area contributed by atoms with E-state index in [0.717, 1.165) is 22.4 Å². The molecule has 1 fully saturated rings. The maximum Gasteiger partial charge on any atom is 0.270 e. The Labute approximate surface area is 170 Å². The Bertz CT molecular complexity index is 904. The number of para-hydroxylation sites is 1. The van der Waals surface area contributed by atoms with Crippen molar-refractivity contribution in [1.82, 2.24) is 10.8 Å². The minimum atomic E-state index is -1.89. The summed E-state index contributed by atoms with van der Waals surface area (Å²) in [4.78, 5) is 12.0. The highest BCUT2D eigenvalue weighted by atomic mass is 31.1. The van der Waals surface area contributed by atoms with E-state index in [2.05, 4.69) is 5.32 Å². The number of benzene rings is 2. The molecule has 2 aromatic carbocycles. The number of aliphatic hydroxyl groups is 1. The van der Waals surface area contributed by atoms with Gasteiger partial charge in [-0.2, -0.15) is 0 Å². The van der Waals surface area contributed by atoms with Gasteiger partial charge in [0.2, 0.25) is 0 Å². The van der Waals surface area contributed by atoms with Gasteiger partial charge in [0.05, 0.1) is 7.11 Å². The van der Waals surface area contributed by atoms with E-state index in [-0.39, 0.29) is 6.54 Å². The average Bonchev–Trinajstić information content (AvgIpc) is 2.75. The normalized spacial score (nSPS) is 27.0. The van der Waals surface area contributed by atoms with E-state index in [4.69, 9.17) is 9.94 Å². The van der Waals surface area contributed by atoms with Gasteiger partial charge in [-0.05, 0) is 32.7 Å². The number of hydrogen-bond donors (Lipinski definition) is 4. The maximum absolute atomic E-state index is 13.7. The van der Waals surface area contributed by atoms with Gasteiger partial charge < -0.3 is 9.84 Å². The van der Waals surface area contributed by atoms with Crippen LogP contribution in [0.25, 0.3) is 17.2 Å². The van der Waals surface area contributed by atoms with Crippen LogP contribution in [0.3, 0.4) is 0 Å². The van der Waals surface area contributed by atoms with E-state index >= 15 is 0 Å². The van der Waals surface area contributed by atoms with E-state index in [9.17, 15) is 14.3 Å². The minimum absolute atomic E-state index is 0.220. The van der Waals surface area contributed by atoms with Crippen molar-refractivity contribution >= 4 is 20.6 Å². The molecule has 4 N–H and O–H groups in total. The molecule has 1 heterocycles. The monoisotopic (exact) mass is 418 g/mol.